The number of aromatic amines is 1. The van der Waals surface area contributed by atoms with E-state index in [1.165, 1.54) is 15.2 Å². The van der Waals surface area contributed by atoms with Crippen LogP contribution in [-0.2, 0) is 26.1 Å². The molecule has 0 radical (unpaired) electrons. The lowest BCUT2D eigenvalue weighted by Gasteiger charge is -2.11. The predicted molar refractivity (Wildman–Crippen MR) is 125 cm³/mol. The molecule has 0 atom stereocenters. The minimum Gasteiger partial charge on any atom is -0.323 e. The molecule has 0 saturated carbocycles. The molecule has 1 N–H and O–H groups in total. The summed E-state index contributed by atoms with van der Waals surface area (Å²) in [4.78, 5) is 32.9. The number of hydrogen-bond acceptors (Lipinski definition) is 4. The topological polar surface area (TPSA) is 90.5 Å². The molecule has 0 aliphatic rings. The second-order valence-electron chi connectivity index (χ2n) is 8.07. The molecule has 3 heterocycles. The summed E-state index contributed by atoms with van der Waals surface area (Å²) in [5.74, 6) is -0.265. The largest absolute Gasteiger partial charge is 0.332 e. The molecule has 1 aromatic carbocycles. The lowest BCUT2D eigenvalue weighted by atomic mass is 10.2. The molecule has 4 rings (SSSR count). The molecule has 8 nitrogen and oxygen atoms in total. The minimum atomic E-state index is -0.420. The van der Waals surface area contributed by atoms with E-state index in [1.54, 1.807) is 29.1 Å². The number of nitrogens with one attached hydrogen (secondary N) is 1. The van der Waals surface area contributed by atoms with Crippen LogP contribution in [0.15, 0.2) is 46.2 Å². The Morgan fingerprint density at radius 2 is 1.88 bits per heavy atom. The van der Waals surface area contributed by atoms with Crippen molar-refractivity contribution in [3.63, 3.8) is 0 Å². The van der Waals surface area contributed by atoms with E-state index < -0.39 is 5.56 Å². The number of nitrogens with zero attached hydrogens (tertiary/aromatic N) is 5. The number of halogens is 2. The number of fused-ring (bicyclic) bond motifs is 1. The molecular formula is C23H26ClFN6O2. The zero-order valence-corrected chi connectivity index (χ0v) is 19.2. The SMILES string of the molecule is CCCCCn1c(=O)n(CCCc2cnn(Cc3ccccc3F)c2)c(=O)c2[nH]c(Cl)nc21. The Bertz CT molecular complexity index is 1370. The van der Waals surface area contributed by atoms with Crippen LogP contribution in [0.3, 0.4) is 0 Å². The summed E-state index contributed by atoms with van der Waals surface area (Å²) < 4.78 is 18.3. The zero-order valence-electron chi connectivity index (χ0n) is 18.4. The Morgan fingerprint density at radius 1 is 1.09 bits per heavy atom. The average molecular weight is 473 g/mol. The van der Waals surface area contributed by atoms with E-state index in [0.29, 0.717) is 37.1 Å². The first-order valence-corrected chi connectivity index (χ1v) is 11.5. The van der Waals surface area contributed by atoms with Crippen molar-refractivity contribution in [1.82, 2.24) is 28.9 Å². The van der Waals surface area contributed by atoms with Gasteiger partial charge in [0.2, 0.25) is 5.28 Å². The van der Waals surface area contributed by atoms with Gasteiger partial charge in [-0.25, -0.2) is 9.18 Å². The lowest BCUT2D eigenvalue weighted by Crippen LogP contribution is -2.40. The van der Waals surface area contributed by atoms with Gasteiger partial charge in [0, 0.05) is 24.8 Å². The highest BCUT2D eigenvalue weighted by atomic mass is 35.5. The summed E-state index contributed by atoms with van der Waals surface area (Å²) in [7, 11) is 0. The summed E-state index contributed by atoms with van der Waals surface area (Å²) in [6.45, 7) is 3.17. The van der Waals surface area contributed by atoms with Crippen molar-refractivity contribution in [3.05, 3.63) is 79.7 Å². The van der Waals surface area contributed by atoms with Crippen molar-refractivity contribution in [2.75, 3.05) is 0 Å². The fourth-order valence-electron chi connectivity index (χ4n) is 3.92. The van der Waals surface area contributed by atoms with Crippen LogP contribution < -0.4 is 11.2 Å². The molecule has 0 unspecified atom stereocenters. The fraction of sp³-hybridized carbons (Fsp3) is 0.391. The minimum absolute atomic E-state index is 0.0887. The van der Waals surface area contributed by atoms with Crippen molar-refractivity contribution in [3.8, 4) is 0 Å². The smallest absolute Gasteiger partial charge is 0.323 e. The van der Waals surface area contributed by atoms with E-state index in [2.05, 4.69) is 22.0 Å². The maximum absolute atomic E-state index is 13.9. The number of hydrogen-bond donors (Lipinski definition) is 1. The van der Waals surface area contributed by atoms with Gasteiger partial charge in [-0.2, -0.15) is 10.1 Å². The third kappa shape index (κ3) is 5.08. The van der Waals surface area contributed by atoms with Crippen LogP contribution in [-0.4, -0.2) is 28.9 Å². The quantitative estimate of drug-likeness (QED) is 0.281. The molecule has 0 bridgehead atoms. The molecule has 0 aliphatic carbocycles. The van der Waals surface area contributed by atoms with E-state index in [9.17, 15) is 14.0 Å². The summed E-state index contributed by atoms with van der Waals surface area (Å²) in [6, 6.07) is 6.60. The third-order valence-corrected chi connectivity index (χ3v) is 5.82. The number of unbranched alkanes of at least 4 members (excludes halogenated alkanes) is 2. The van der Waals surface area contributed by atoms with Gasteiger partial charge < -0.3 is 4.98 Å². The summed E-state index contributed by atoms with van der Waals surface area (Å²) in [5.41, 5.74) is 1.27. The first-order chi connectivity index (χ1) is 16.0. The molecule has 174 valence electrons. The summed E-state index contributed by atoms with van der Waals surface area (Å²) in [6.07, 6.45) is 7.59. The fourth-order valence-corrected chi connectivity index (χ4v) is 4.10. The molecule has 0 fully saturated rings. The van der Waals surface area contributed by atoms with E-state index in [0.717, 1.165) is 24.8 Å². The highest BCUT2D eigenvalue weighted by molar-refractivity contribution is 6.28. The summed E-state index contributed by atoms with van der Waals surface area (Å²) >= 11 is 5.98. The van der Waals surface area contributed by atoms with Crippen LogP contribution in [0.4, 0.5) is 4.39 Å². The van der Waals surface area contributed by atoms with Crippen LogP contribution in [0.5, 0.6) is 0 Å². The van der Waals surface area contributed by atoms with Crippen LogP contribution in [0, 0.1) is 5.82 Å². The van der Waals surface area contributed by atoms with Crippen LogP contribution in [0.2, 0.25) is 5.28 Å². The van der Waals surface area contributed by atoms with Gasteiger partial charge in [-0.05, 0) is 42.5 Å². The van der Waals surface area contributed by atoms with Crippen molar-refractivity contribution < 1.29 is 4.39 Å². The molecule has 0 aliphatic heterocycles. The molecule has 0 saturated heterocycles. The number of aryl methyl sites for hydroxylation is 2. The molecule has 10 heteroatoms. The van der Waals surface area contributed by atoms with E-state index in [1.807, 2.05) is 6.20 Å². The number of benzene rings is 1. The first kappa shape index (κ1) is 23.0. The maximum atomic E-state index is 13.9. The normalized spacial score (nSPS) is 11.5. The molecule has 3 aromatic heterocycles. The second-order valence-corrected chi connectivity index (χ2v) is 8.42. The Kier molecular flexibility index (Phi) is 7.08. The van der Waals surface area contributed by atoms with Gasteiger partial charge in [0.1, 0.15) is 5.82 Å². The van der Waals surface area contributed by atoms with E-state index >= 15 is 0 Å². The third-order valence-electron chi connectivity index (χ3n) is 5.64. The molecule has 4 aromatic rings. The Balaban J connectivity index is 1.48. The zero-order chi connectivity index (χ0) is 23.4. The molecular weight excluding hydrogens is 447 g/mol. The Labute approximate surface area is 194 Å². The Morgan fingerprint density at radius 3 is 2.67 bits per heavy atom. The highest BCUT2D eigenvalue weighted by Crippen LogP contribution is 2.12. The predicted octanol–water partition coefficient (Wildman–Crippen LogP) is 3.75. The lowest BCUT2D eigenvalue weighted by molar-refractivity contribution is 0.526. The van der Waals surface area contributed by atoms with Gasteiger partial charge in [0.25, 0.3) is 5.56 Å². The van der Waals surface area contributed by atoms with E-state index in [-0.39, 0.29) is 28.9 Å². The van der Waals surface area contributed by atoms with Crippen molar-refractivity contribution >= 4 is 22.8 Å². The van der Waals surface area contributed by atoms with Crippen molar-refractivity contribution in [2.45, 2.75) is 58.7 Å². The van der Waals surface area contributed by atoms with Crippen LogP contribution in [0.1, 0.15) is 43.7 Å². The van der Waals surface area contributed by atoms with Gasteiger partial charge in [-0.15, -0.1) is 0 Å². The monoisotopic (exact) mass is 472 g/mol. The van der Waals surface area contributed by atoms with Crippen molar-refractivity contribution in [2.24, 2.45) is 0 Å². The van der Waals surface area contributed by atoms with Crippen LogP contribution in [0.25, 0.3) is 11.2 Å². The van der Waals surface area contributed by atoms with Crippen LogP contribution >= 0.6 is 11.6 Å². The number of rotatable bonds is 10. The standard InChI is InChI=1S/C23H26ClFN6O2/c1-2-3-6-11-30-20-19(27-22(24)28-20)21(32)31(23(30)33)12-7-8-16-13-26-29(14-16)15-17-9-4-5-10-18(17)25/h4-5,9-10,13-14H,2-3,6-8,11-12,15H2,1H3,(H,27,28). The van der Waals surface area contributed by atoms with Gasteiger partial charge in [0.15, 0.2) is 11.2 Å². The van der Waals surface area contributed by atoms with Gasteiger partial charge in [0.05, 0.1) is 12.7 Å². The van der Waals surface area contributed by atoms with Gasteiger partial charge in [-0.1, -0.05) is 38.0 Å². The second kappa shape index (κ2) is 10.2. The number of imidazole rings is 1. The van der Waals surface area contributed by atoms with Gasteiger partial charge >= 0.3 is 5.69 Å². The highest BCUT2D eigenvalue weighted by Gasteiger charge is 2.16. The number of H-pyrrole nitrogens is 1. The maximum Gasteiger partial charge on any atom is 0.332 e. The molecule has 33 heavy (non-hydrogen) atoms. The van der Waals surface area contributed by atoms with E-state index in [4.69, 9.17) is 11.6 Å². The van der Waals surface area contributed by atoms with Gasteiger partial charge in [-0.3, -0.25) is 18.6 Å². The molecule has 0 amide bonds. The number of aromatic nitrogens is 6. The summed E-state index contributed by atoms with van der Waals surface area (Å²) in [5, 5.41) is 4.39. The Hall–Kier alpha value is -3.20. The van der Waals surface area contributed by atoms with Crippen molar-refractivity contribution in [1.29, 1.82) is 0 Å². The first-order valence-electron chi connectivity index (χ1n) is 11.1. The average Bonchev–Trinajstić information content (AvgIpc) is 3.41. The molecule has 0 spiro atoms.